The highest BCUT2D eigenvalue weighted by Gasteiger charge is 2.11. The highest BCUT2D eigenvalue weighted by Crippen LogP contribution is 2.30. The Kier molecular flexibility index (Phi) is 5.16. The highest BCUT2D eigenvalue weighted by atomic mass is 32.2. The van der Waals surface area contributed by atoms with Gasteiger partial charge in [-0.3, -0.25) is 10.1 Å². The molecule has 0 fully saturated rings. The van der Waals surface area contributed by atoms with E-state index in [1.165, 1.54) is 30.0 Å². The Morgan fingerprint density at radius 1 is 1.29 bits per heavy atom. The number of thioether (sulfide) groups is 1. The molecule has 0 amide bonds. The smallest absolute Gasteiger partial charge is 0.269 e. The van der Waals surface area contributed by atoms with Gasteiger partial charge in [0.15, 0.2) is 0 Å². The lowest BCUT2D eigenvalue weighted by Crippen LogP contribution is -2.01. The first-order valence-corrected chi connectivity index (χ1v) is 7.49. The largest absolute Gasteiger partial charge is 0.385 e. The first-order chi connectivity index (χ1) is 10.1. The van der Waals surface area contributed by atoms with E-state index in [-0.39, 0.29) is 11.5 Å². The number of hydrogen-bond acceptors (Lipinski definition) is 4. The van der Waals surface area contributed by atoms with E-state index in [4.69, 9.17) is 0 Å². The summed E-state index contributed by atoms with van der Waals surface area (Å²) < 4.78 is 13.6. The van der Waals surface area contributed by atoms with Crippen molar-refractivity contribution in [3.63, 3.8) is 0 Å². The maximum atomic E-state index is 13.6. The van der Waals surface area contributed by atoms with E-state index in [1.54, 1.807) is 24.3 Å². The molecule has 0 saturated heterocycles. The van der Waals surface area contributed by atoms with Crippen molar-refractivity contribution in [2.24, 2.45) is 0 Å². The standard InChI is InChI=1S/C15H15FN2O2S/c1-2-17-14-8-7-12(18(19)20)9-11(14)10-21-15-6-4-3-5-13(15)16/h3-9,17H,2,10H2,1H3. The Morgan fingerprint density at radius 2 is 2.05 bits per heavy atom. The zero-order valence-corrected chi connectivity index (χ0v) is 12.3. The molecule has 21 heavy (non-hydrogen) atoms. The summed E-state index contributed by atoms with van der Waals surface area (Å²) in [6, 6.07) is 11.2. The van der Waals surface area contributed by atoms with Gasteiger partial charge in [0.25, 0.3) is 5.69 Å². The van der Waals surface area contributed by atoms with Crippen molar-refractivity contribution in [3.8, 4) is 0 Å². The van der Waals surface area contributed by atoms with Crippen LogP contribution >= 0.6 is 11.8 Å². The van der Waals surface area contributed by atoms with Crippen LogP contribution in [0.3, 0.4) is 0 Å². The molecule has 0 aliphatic heterocycles. The minimum absolute atomic E-state index is 0.0424. The van der Waals surface area contributed by atoms with Crippen LogP contribution in [0.5, 0.6) is 0 Å². The average molecular weight is 306 g/mol. The molecule has 0 heterocycles. The molecular formula is C15H15FN2O2S. The number of rotatable bonds is 6. The van der Waals surface area contributed by atoms with E-state index in [0.717, 1.165) is 17.8 Å². The lowest BCUT2D eigenvalue weighted by atomic mass is 10.2. The Bertz CT molecular complexity index is 649. The van der Waals surface area contributed by atoms with Crippen molar-refractivity contribution in [1.29, 1.82) is 0 Å². The van der Waals surface area contributed by atoms with Gasteiger partial charge in [0.1, 0.15) is 5.82 Å². The van der Waals surface area contributed by atoms with E-state index in [9.17, 15) is 14.5 Å². The maximum absolute atomic E-state index is 13.6. The maximum Gasteiger partial charge on any atom is 0.269 e. The third kappa shape index (κ3) is 3.95. The third-order valence-electron chi connectivity index (χ3n) is 2.89. The molecule has 0 spiro atoms. The third-order valence-corrected chi connectivity index (χ3v) is 3.98. The lowest BCUT2D eigenvalue weighted by molar-refractivity contribution is -0.384. The van der Waals surface area contributed by atoms with Gasteiger partial charge in [0.05, 0.1) is 4.92 Å². The quantitative estimate of drug-likeness (QED) is 0.486. The molecule has 0 radical (unpaired) electrons. The summed E-state index contributed by atoms with van der Waals surface area (Å²) in [6.07, 6.45) is 0. The summed E-state index contributed by atoms with van der Waals surface area (Å²) in [7, 11) is 0. The zero-order chi connectivity index (χ0) is 15.2. The summed E-state index contributed by atoms with van der Waals surface area (Å²) in [6.45, 7) is 2.67. The Hall–Kier alpha value is -2.08. The fourth-order valence-corrected chi connectivity index (χ4v) is 2.82. The number of benzene rings is 2. The molecule has 2 rings (SSSR count). The number of anilines is 1. The number of non-ortho nitro benzene ring substituents is 1. The second kappa shape index (κ2) is 7.08. The van der Waals surface area contributed by atoms with Crippen LogP contribution in [0.2, 0.25) is 0 Å². The summed E-state index contributed by atoms with van der Waals surface area (Å²) >= 11 is 1.32. The van der Waals surface area contributed by atoms with Gasteiger partial charge in [-0.15, -0.1) is 11.8 Å². The molecule has 0 aromatic heterocycles. The highest BCUT2D eigenvalue weighted by molar-refractivity contribution is 7.98. The van der Waals surface area contributed by atoms with Crippen LogP contribution in [0.25, 0.3) is 0 Å². The Labute approximate surface area is 126 Å². The van der Waals surface area contributed by atoms with Crippen LogP contribution in [0, 0.1) is 15.9 Å². The average Bonchev–Trinajstić information content (AvgIpc) is 2.47. The Morgan fingerprint density at radius 3 is 2.71 bits per heavy atom. The van der Waals surface area contributed by atoms with Crippen LogP contribution in [-0.4, -0.2) is 11.5 Å². The van der Waals surface area contributed by atoms with Gasteiger partial charge in [0, 0.05) is 35.0 Å². The van der Waals surface area contributed by atoms with Crippen molar-refractivity contribution in [3.05, 3.63) is 64.0 Å². The van der Waals surface area contributed by atoms with Gasteiger partial charge in [-0.2, -0.15) is 0 Å². The van der Waals surface area contributed by atoms with Crippen LogP contribution in [0.15, 0.2) is 47.4 Å². The molecule has 4 nitrogen and oxygen atoms in total. The molecule has 2 aromatic rings. The first kappa shape index (κ1) is 15.3. The molecule has 0 aliphatic rings. The number of nitrogens with zero attached hydrogens (tertiary/aromatic N) is 1. The van der Waals surface area contributed by atoms with Gasteiger partial charge >= 0.3 is 0 Å². The SMILES string of the molecule is CCNc1ccc([N+](=O)[O-])cc1CSc1ccccc1F. The van der Waals surface area contributed by atoms with E-state index >= 15 is 0 Å². The first-order valence-electron chi connectivity index (χ1n) is 6.50. The molecule has 2 aromatic carbocycles. The number of nitro benzene ring substituents is 1. The predicted molar refractivity (Wildman–Crippen MR) is 83.2 cm³/mol. The van der Waals surface area contributed by atoms with E-state index < -0.39 is 4.92 Å². The molecule has 6 heteroatoms. The minimum Gasteiger partial charge on any atom is -0.385 e. The zero-order valence-electron chi connectivity index (χ0n) is 11.5. The van der Waals surface area contributed by atoms with E-state index in [2.05, 4.69) is 5.32 Å². The second-order valence-corrected chi connectivity index (χ2v) is 5.37. The van der Waals surface area contributed by atoms with Crippen molar-refractivity contribution in [2.45, 2.75) is 17.6 Å². The lowest BCUT2D eigenvalue weighted by Gasteiger charge is -2.10. The monoisotopic (exact) mass is 306 g/mol. The molecule has 0 saturated carbocycles. The van der Waals surface area contributed by atoms with E-state index in [0.29, 0.717) is 10.6 Å². The predicted octanol–water partition coefficient (Wildman–Crippen LogP) is 4.46. The van der Waals surface area contributed by atoms with Crippen molar-refractivity contribution < 1.29 is 9.31 Å². The molecule has 0 bridgehead atoms. The normalized spacial score (nSPS) is 10.4. The van der Waals surface area contributed by atoms with Crippen LogP contribution in [-0.2, 0) is 5.75 Å². The summed E-state index contributed by atoms with van der Waals surface area (Å²) in [5, 5.41) is 14.0. The fourth-order valence-electron chi connectivity index (χ4n) is 1.89. The number of hydrogen-bond donors (Lipinski definition) is 1. The molecular weight excluding hydrogens is 291 g/mol. The molecule has 1 N–H and O–H groups in total. The van der Waals surface area contributed by atoms with E-state index in [1.807, 2.05) is 6.92 Å². The molecule has 0 unspecified atom stereocenters. The molecule has 110 valence electrons. The van der Waals surface area contributed by atoms with Gasteiger partial charge in [0.2, 0.25) is 0 Å². The second-order valence-electron chi connectivity index (χ2n) is 4.35. The minimum atomic E-state index is -0.424. The number of nitro groups is 1. The van der Waals surface area contributed by atoms with Gasteiger partial charge in [-0.25, -0.2) is 4.39 Å². The topological polar surface area (TPSA) is 55.2 Å². The van der Waals surface area contributed by atoms with Crippen LogP contribution < -0.4 is 5.32 Å². The van der Waals surface area contributed by atoms with Crippen molar-refractivity contribution >= 4 is 23.1 Å². The fraction of sp³-hybridized carbons (Fsp3) is 0.200. The number of nitrogens with one attached hydrogen (secondary N) is 1. The Balaban J connectivity index is 2.22. The van der Waals surface area contributed by atoms with Crippen LogP contribution in [0.1, 0.15) is 12.5 Å². The summed E-state index contributed by atoms with van der Waals surface area (Å²) in [5.74, 6) is 0.184. The van der Waals surface area contributed by atoms with Crippen molar-refractivity contribution in [1.82, 2.24) is 0 Å². The van der Waals surface area contributed by atoms with Gasteiger partial charge in [-0.1, -0.05) is 12.1 Å². The van der Waals surface area contributed by atoms with Gasteiger partial charge < -0.3 is 5.32 Å². The molecule has 0 aliphatic carbocycles. The summed E-state index contributed by atoms with van der Waals surface area (Å²) in [5.41, 5.74) is 1.67. The van der Waals surface area contributed by atoms with Crippen LogP contribution in [0.4, 0.5) is 15.8 Å². The van der Waals surface area contributed by atoms with Gasteiger partial charge in [-0.05, 0) is 30.7 Å². The van der Waals surface area contributed by atoms with Crippen molar-refractivity contribution in [2.75, 3.05) is 11.9 Å². The number of halogens is 1. The molecule has 0 atom stereocenters. The summed E-state index contributed by atoms with van der Waals surface area (Å²) in [4.78, 5) is 11.0.